The van der Waals surface area contributed by atoms with Crippen LogP contribution in [0.4, 0.5) is 4.39 Å². The first-order valence-electron chi connectivity index (χ1n) is 9.18. The van der Waals surface area contributed by atoms with E-state index in [9.17, 15) is 23.6 Å². The minimum absolute atomic E-state index is 0.212. The molecule has 3 rings (SSSR count). The van der Waals surface area contributed by atoms with Gasteiger partial charge in [-0.15, -0.1) is 0 Å². The third-order valence-corrected chi connectivity index (χ3v) is 5.39. The molecule has 1 saturated heterocycles. The minimum atomic E-state index is -1.11. The Kier molecular flexibility index (Phi) is 5.39. The lowest BCUT2D eigenvalue weighted by Gasteiger charge is -2.23. The summed E-state index contributed by atoms with van der Waals surface area (Å²) in [6.07, 6.45) is 2.01. The van der Waals surface area contributed by atoms with Crippen LogP contribution in [-0.4, -0.2) is 40.6 Å². The fourth-order valence-electron chi connectivity index (χ4n) is 3.85. The fourth-order valence-corrected chi connectivity index (χ4v) is 3.85. The molecule has 1 aliphatic carbocycles. The Labute approximate surface area is 156 Å². The molecule has 7 heteroatoms. The normalized spacial score (nSPS) is 24.3. The van der Waals surface area contributed by atoms with Crippen molar-refractivity contribution in [1.29, 1.82) is 0 Å². The van der Waals surface area contributed by atoms with Gasteiger partial charge in [0.05, 0.1) is 11.8 Å². The van der Waals surface area contributed by atoms with Crippen molar-refractivity contribution in [2.24, 2.45) is 11.8 Å². The van der Waals surface area contributed by atoms with E-state index in [0.717, 1.165) is 29.9 Å². The molecule has 0 unspecified atom stereocenters. The number of fused-ring (bicyclic) bond motifs is 1. The Morgan fingerprint density at radius 2 is 1.56 bits per heavy atom. The number of nitrogens with zero attached hydrogens (tertiary/aromatic N) is 1. The summed E-state index contributed by atoms with van der Waals surface area (Å²) in [5.41, 5.74) is 0.212. The van der Waals surface area contributed by atoms with Crippen molar-refractivity contribution in [2.45, 2.75) is 51.7 Å². The number of benzene rings is 1. The third-order valence-electron chi connectivity index (χ3n) is 5.39. The Bertz CT molecular complexity index is 751. The molecule has 6 nitrogen and oxygen atoms in total. The highest BCUT2D eigenvalue weighted by Crippen LogP contribution is 2.38. The van der Waals surface area contributed by atoms with Gasteiger partial charge in [0.1, 0.15) is 11.9 Å². The molecule has 0 aromatic heterocycles. The lowest BCUT2D eigenvalue weighted by Crippen LogP contribution is -2.45. The molecule has 144 valence electrons. The van der Waals surface area contributed by atoms with Crippen LogP contribution in [0.1, 0.15) is 49.9 Å². The van der Waals surface area contributed by atoms with E-state index in [1.807, 2.05) is 0 Å². The number of carbonyl (C=O) groups is 4. The Morgan fingerprint density at radius 1 is 1.04 bits per heavy atom. The van der Waals surface area contributed by atoms with Crippen molar-refractivity contribution >= 4 is 23.6 Å². The van der Waals surface area contributed by atoms with Gasteiger partial charge in [-0.25, -0.2) is 9.18 Å². The Morgan fingerprint density at radius 3 is 2.07 bits per heavy atom. The number of halogens is 1. The molecule has 2 fully saturated rings. The molecule has 27 heavy (non-hydrogen) atoms. The second kappa shape index (κ2) is 7.58. The van der Waals surface area contributed by atoms with E-state index >= 15 is 0 Å². The van der Waals surface area contributed by atoms with Gasteiger partial charge in [0.25, 0.3) is 0 Å². The zero-order valence-electron chi connectivity index (χ0n) is 15.3. The molecule has 0 bridgehead atoms. The number of carbonyl (C=O) groups excluding carboxylic acids is 4. The van der Waals surface area contributed by atoms with Crippen LogP contribution in [-0.2, 0) is 19.1 Å². The highest BCUT2D eigenvalue weighted by Gasteiger charge is 2.51. The predicted molar refractivity (Wildman–Crippen MR) is 93.0 cm³/mol. The van der Waals surface area contributed by atoms with Crippen LogP contribution in [0, 0.1) is 17.7 Å². The largest absolute Gasteiger partial charge is 0.453 e. The fraction of sp³-hybridized carbons (Fsp3) is 0.500. The third kappa shape index (κ3) is 3.63. The molecule has 0 spiro atoms. The molecule has 0 radical (unpaired) electrons. The van der Waals surface area contributed by atoms with Crippen molar-refractivity contribution < 1.29 is 28.3 Å². The first-order valence-corrected chi connectivity index (χ1v) is 9.18. The molecule has 1 heterocycles. The van der Waals surface area contributed by atoms with Crippen molar-refractivity contribution in [1.82, 2.24) is 4.90 Å². The van der Waals surface area contributed by atoms with Crippen LogP contribution in [0.2, 0.25) is 0 Å². The van der Waals surface area contributed by atoms with E-state index in [2.05, 4.69) is 0 Å². The molecule has 1 aromatic rings. The number of amides is 2. The van der Waals surface area contributed by atoms with Crippen molar-refractivity contribution in [2.75, 3.05) is 0 Å². The summed E-state index contributed by atoms with van der Waals surface area (Å²) >= 11 is 0. The summed E-state index contributed by atoms with van der Waals surface area (Å²) in [4.78, 5) is 50.9. The number of Topliss-reactive ketones (excluding diaryl/α,β-unsaturated/α-hetero) is 1. The summed E-state index contributed by atoms with van der Waals surface area (Å²) in [5, 5.41) is 0. The summed E-state index contributed by atoms with van der Waals surface area (Å²) in [6, 6.07) is 3.83. The number of imide groups is 1. The van der Waals surface area contributed by atoms with Gasteiger partial charge in [-0.05, 0) is 51.0 Å². The number of rotatable bonds is 5. The lowest BCUT2D eigenvalue weighted by molar-refractivity contribution is -0.159. The molecule has 4 atom stereocenters. The SMILES string of the molecule is C[C@@H](OC(=O)[C@H](C)N1C(=O)[C@H]2CCCC[C@H]2C1=O)C(=O)c1ccc(F)cc1. The zero-order chi connectivity index (χ0) is 19.7. The van der Waals surface area contributed by atoms with Gasteiger partial charge in [-0.3, -0.25) is 19.3 Å². The minimum Gasteiger partial charge on any atom is -0.453 e. The van der Waals surface area contributed by atoms with Gasteiger partial charge < -0.3 is 4.74 Å². The van der Waals surface area contributed by atoms with E-state index in [4.69, 9.17) is 4.74 Å². The van der Waals surface area contributed by atoms with E-state index in [1.165, 1.54) is 26.0 Å². The maximum Gasteiger partial charge on any atom is 0.329 e. The number of ether oxygens (including phenoxy) is 1. The monoisotopic (exact) mass is 375 g/mol. The number of ketones is 1. The molecular weight excluding hydrogens is 353 g/mol. The summed E-state index contributed by atoms with van der Waals surface area (Å²) in [7, 11) is 0. The van der Waals surface area contributed by atoms with Crippen LogP contribution < -0.4 is 0 Å². The van der Waals surface area contributed by atoms with Crippen molar-refractivity contribution in [3.8, 4) is 0 Å². The molecular formula is C20H22FNO5. The van der Waals surface area contributed by atoms with Gasteiger partial charge in [-0.1, -0.05) is 12.8 Å². The highest BCUT2D eigenvalue weighted by atomic mass is 19.1. The Balaban J connectivity index is 1.66. The molecule has 1 aromatic carbocycles. The van der Waals surface area contributed by atoms with Gasteiger partial charge >= 0.3 is 5.97 Å². The number of hydrogen-bond acceptors (Lipinski definition) is 5. The second-order valence-electron chi connectivity index (χ2n) is 7.17. The van der Waals surface area contributed by atoms with Gasteiger partial charge in [0.2, 0.25) is 17.6 Å². The van der Waals surface area contributed by atoms with Gasteiger partial charge in [0.15, 0.2) is 6.10 Å². The van der Waals surface area contributed by atoms with Crippen molar-refractivity contribution in [3.63, 3.8) is 0 Å². The van der Waals surface area contributed by atoms with E-state index in [-0.39, 0.29) is 29.2 Å². The van der Waals surface area contributed by atoms with Crippen LogP contribution in [0.3, 0.4) is 0 Å². The maximum atomic E-state index is 13.0. The molecule has 1 aliphatic heterocycles. The highest BCUT2D eigenvalue weighted by molar-refractivity contribution is 6.08. The van der Waals surface area contributed by atoms with E-state index in [0.29, 0.717) is 12.8 Å². The van der Waals surface area contributed by atoms with Gasteiger partial charge in [-0.2, -0.15) is 0 Å². The number of likely N-dealkylation sites (tertiary alicyclic amines) is 1. The smallest absolute Gasteiger partial charge is 0.329 e. The standard InChI is InChI=1S/C20H22FNO5/c1-11(22-18(24)15-5-3-4-6-16(15)19(22)25)20(26)27-12(2)17(23)13-7-9-14(21)10-8-13/h7-12,15-16H,3-6H2,1-2H3/t11-,12+,15-,16+/m0/s1. The van der Waals surface area contributed by atoms with Crippen LogP contribution >= 0.6 is 0 Å². The second-order valence-corrected chi connectivity index (χ2v) is 7.17. The van der Waals surface area contributed by atoms with Crippen LogP contribution in [0.15, 0.2) is 24.3 Å². The predicted octanol–water partition coefficient (Wildman–Crippen LogP) is 2.50. The van der Waals surface area contributed by atoms with E-state index < -0.39 is 29.7 Å². The van der Waals surface area contributed by atoms with Crippen LogP contribution in [0.5, 0.6) is 0 Å². The van der Waals surface area contributed by atoms with Crippen LogP contribution in [0.25, 0.3) is 0 Å². The Hall–Kier alpha value is -2.57. The maximum absolute atomic E-state index is 13.0. The summed E-state index contributed by atoms with van der Waals surface area (Å²) < 4.78 is 18.2. The lowest BCUT2D eigenvalue weighted by atomic mass is 9.81. The number of hydrogen-bond donors (Lipinski definition) is 0. The molecule has 2 amide bonds. The quantitative estimate of drug-likeness (QED) is 0.449. The van der Waals surface area contributed by atoms with Gasteiger partial charge in [0, 0.05) is 5.56 Å². The number of esters is 1. The zero-order valence-corrected chi connectivity index (χ0v) is 15.3. The molecule has 2 aliphatic rings. The average molecular weight is 375 g/mol. The average Bonchev–Trinajstić information content (AvgIpc) is 2.92. The topological polar surface area (TPSA) is 80.8 Å². The molecule has 1 saturated carbocycles. The first kappa shape index (κ1) is 19.2. The molecule has 0 N–H and O–H groups in total. The van der Waals surface area contributed by atoms with E-state index in [1.54, 1.807) is 0 Å². The summed E-state index contributed by atoms with van der Waals surface area (Å²) in [5.74, 6) is -3.11. The van der Waals surface area contributed by atoms with Crippen molar-refractivity contribution in [3.05, 3.63) is 35.6 Å². The summed E-state index contributed by atoms with van der Waals surface area (Å²) in [6.45, 7) is 2.84. The first-order chi connectivity index (χ1) is 12.8.